The summed E-state index contributed by atoms with van der Waals surface area (Å²) in [6, 6.07) is 29.9. The van der Waals surface area contributed by atoms with E-state index >= 15 is 0 Å². The number of aldehydes is 1. The van der Waals surface area contributed by atoms with E-state index in [1.807, 2.05) is 12.1 Å². The van der Waals surface area contributed by atoms with E-state index in [-0.39, 0.29) is 0 Å². The minimum Gasteiger partial charge on any atom is -0.310 e. The lowest BCUT2D eigenvalue weighted by molar-refractivity contribution is 0.112. The van der Waals surface area contributed by atoms with Crippen LogP contribution in [0.5, 0.6) is 0 Å². The molecule has 4 aromatic rings. The number of anilines is 3. The summed E-state index contributed by atoms with van der Waals surface area (Å²) in [6.07, 6.45) is 3.16. The fourth-order valence-corrected chi connectivity index (χ4v) is 4.49. The Hall–Kier alpha value is -3.17. The summed E-state index contributed by atoms with van der Waals surface area (Å²) in [6.45, 7) is 4.33. The van der Waals surface area contributed by atoms with E-state index < -0.39 is 0 Å². The van der Waals surface area contributed by atoms with Gasteiger partial charge in [0.1, 0.15) is 0 Å². The highest BCUT2D eigenvalue weighted by atomic mass is 32.1. The van der Waals surface area contributed by atoms with Crippen molar-refractivity contribution in [2.24, 2.45) is 0 Å². The van der Waals surface area contributed by atoms with Crippen LogP contribution < -0.4 is 4.90 Å². The van der Waals surface area contributed by atoms with Crippen molar-refractivity contribution in [1.82, 2.24) is 0 Å². The highest BCUT2D eigenvalue weighted by Gasteiger charge is 2.13. The zero-order valence-electron chi connectivity index (χ0n) is 17.3. The number of benzene rings is 3. The van der Waals surface area contributed by atoms with Crippen molar-refractivity contribution < 1.29 is 4.79 Å². The Morgan fingerprint density at radius 1 is 0.833 bits per heavy atom. The van der Waals surface area contributed by atoms with Crippen molar-refractivity contribution in [2.75, 3.05) is 4.90 Å². The topological polar surface area (TPSA) is 20.3 Å². The molecule has 0 amide bonds. The molecular formula is C27H25NOS. The number of carbonyl (C=O) groups excluding carboxylic acids is 1. The van der Waals surface area contributed by atoms with Gasteiger partial charge in [0.05, 0.1) is 4.88 Å². The van der Waals surface area contributed by atoms with Gasteiger partial charge in [0, 0.05) is 21.9 Å². The van der Waals surface area contributed by atoms with Crippen LogP contribution in [0.2, 0.25) is 0 Å². The van der Waals surface area contributed by atoms with E-state index in [9.17, 15) is 4.79 Å². The molecule has 0 aliphatic rings. The van der Waals surface area contributed by atoms with Gasteiger partial charge in [-0.1, -0.05) is 49.7 Å². The Kier molecular flexibility index (Phi) is 6.10. The molecule has 0 fully saturated rings. The van der Waals surface area contributed by atoms with Gasteiger partial charge in [-0.25, -0.2) is 0 Å². The summed E-state index contributed by atoms with van der Waals surface area (Å²) in [5.41, 5.74) is 7.12. The third kappa shape index (κ3) is 4.37. The zero-order chi connectivity index (χ0) is 20.9. The largest absolute Gasteiger partial charge is 0.310 e. The number of rotatable bonds is 7. The van der Waals surface area contributed by atoms with Gasteiger partial charge >= 0.3 is 0 Å². The summed E-state index contributed by atoms with van der Waals surface area (Å²) < 4.78 is 0. The van der Waals surface area contributed by atoms with Gasteiger partial charge < -0.3 is 4.90 Å². The van der Waals surface area contributed by atoms with Crippen molar-refractivity contribution in [3.63, 3.8) is 0 Å². The van der Waals surface area contributed by atoms with Crippen LogP contribution in [0, 0.1) is 6.92 Å². The average Bonchev–Trinajstić information content (AvgIpc) is 3.25. The molecule has 30 heavy (non-hydrogen) atoms. The lowest BCUT2D eigenvalue weighted by atomic mass is 10.1. The molecule has 0 saturated carbocycles. The van der Waals surface area contributed by atoms with Gasteiger partial charge in [0.25, 0.3) is 0 Å². The van der Waals surface area contributed by atoms with Crippen LogP contribution in [-0.4, -0.2) is 6.29 Å². The molecule has 1 aromatic heterocycles. The second kappa shape index (κ2) is 9.10. The minimum absolute atomic E-state index is 0.752. The predicted octanol–water partition coefficient (Wildman–Crippen LogP) is 7.96. The van der Waals surface area contributed by atoms with Gasteiger partial charge in [0.15, 0.2) is 6.29 Å². The van der Waals surface area contributed by atoms with Gasteiger partial charge in [0.2, 0.25) is 0 Å². The number of nitrogens with zero attached hydrogens (tertiary/aromatic N) is 1. The molecule has 0 radical (unpaired) electrons. The molecule has 0 N–H and O–H groups in total. The molecule has 150 valence electrons. The van der Waals surface area contributed by atoms with Crippen molar-refractivity contribution in [3.8, 4) is 10.4 Å². The van der Waals surface area contributed by atoms with Crippen LogP contribution >= 0.6 is 11.3 Å². The molecular weight excluding hydrogens is 386 g/mol. The van der Waals surface area contributed by atoms with Gasteiger partial charge in [-0.15, -0.1) is 11.3 Å². The number of hydrogen-bond acceptors (Lipinski definition) is 3. The normalized spacial score (nSPS) is 10.7. The predicted molar refractivity (Wildman–Crippen MR) is 129 cm³/mol. The van der Waals surface area contributed by atoms with E-state index in [0.717, 1.165) is 51.5 Å². The molecule has 3 heteroatoms. The molecule has 3 aromatic carbocycles. The standard InChI is InChI=1S/C27H25NOS/c1-3-5-21-8-12-23(13-9-21)28(25-7-4-6-20(2)18-25)24-14-10-22(11-15-24)27-17-16-26(19-29)30-27/h4,6-19H,3,5H2,1-2H3. The van der Waals surface area contributed by atoms with Gasteiger partial charge in [-0.3, -0.25) is 4.79 Å². The van der Waals surface area contributed by atoms with Crippen molar-refractivity contribution >= 4 is 34.7 Å². The SMILES string of the molecule is CCCc1ccc(N(c2ccc(-c3ccc(C=O)s3)cc2)c2cccc(C)c2)cc1. The summed E-state index contributed by atoms with van der Waals surface area (Å²) >= 11 is 1.52. The number of aryl methyl sites for hydroxylation is 2. The molecule has 0 aliphatic heterocycles. The second-order valence-corrected chi connectivity index (χ2v) is 8.57. The molecule has 0 atom stereocenters. The van der Waals surface area contributed by atoms with Crippen LogP contribution in [0.15, 0.2) is 84.9 Å². The molecule has 1 heterocycles. The van der Waals surface area contributed by atoms with Crippen molar-refractivity contribution in [3.05, 3.63) is 101 Å². The van der Waals surface area contributed by atoms with E-state index in [1.165, 1.54) is 22.5 Å². The van der Waals surface area contributed by atoms with E-state index in [1.54, 1.807) is 0 Å². The monoisotopic (exact) mass is 411 g/mol. The lowest BCUT2D eigenvalue weighted by Crippen LogP contribution is -2.10. The first-order chi connectivity index (χ1) is 14.7. The first kappa shape index (κ1) is 20.1. The lowest BCUT2D eigenvalue weighted by Gasteiger charge is -2.26. The Morgan fingerprint density at radius 3 is 2.13 bits per heavy atom. The fraction of sp³-hybridized carbons (Fsp3) is 0.148. The van der Waals surface area contributed by atoms with Crippen molar-refractivity contribution in [2.45, 2.75) is 26.7 Å². The summed E-state index contributed by atoms with van der Waals surface area (Å²) in [5.74, 6) is 0. The maximum Gasteiger partial charge on any atom is 0.160 e. The highest BCUT2D eigenvalue weighted by molar-refractivity contribution is 7.17. The van der Waals surface area contributed by atoms with E-state index in [2.05, 4.69) is 91.5 Å². The molecule has 0 aliphatic carbocycles. The molecule has 0 saturated heterocycles. The van der Waals surface area contributed by atoms with Crippen molar-refractivity contribution in [1.29, 1.82) is 0 Å². The van der Waals surface area contributed by atoms with Crippen LogP contribution in [0.1, 0.15) is 34.1 Å². The third-order valence-electron chi connectivity index (χ3n) is 5.15. The Bertz CT molecular complexity index is 1130. The summed E-state index contributed by atoms with van der Waals surface area (Å²) in [7, 11) is 0. The van der Waals surface area contributed by atoms with Crippen LogP contribution in [0.4, 0.5) is 17.1 Å². The molecule has 4 rings (SSSR count). The zero-order valence-corrected chi connectivity index (χ0v) is 18.2. The first-order valence-corrected chi connectivity index (χ1v) is 11.1. The minimum atomic E-state index is 0.752. The smallest absolute Gasteiger partial charge is 0.160 e. The summed E-state index contributed by atoms with van der Waals surface area (Å²) in [5, 5.41) is 0. The van der Waals surface area contributed by atoms with Crippen LogP contribution in [0.3, 0.4) is 0 Å². The van der Waals surface area contributed by atoms with Gasteiger partial charge in [-0.05, 0) is 78.6 Å². The molecule has 0 spiro atoms. The third-order valence-corrected chi connectivity index (χ3v) is 6.21. The van der Waals surface area contributed by atoms with E-state index in [0.29, 0.717) is 0 Å². The maximum absolute atomic E-state index is 11.0. The molecule has 2 nitrogen and oxygen atoms in total. The quantitative estimate of drug-likeness (QED) is 0.287. The van der Waals surface area contributed by atoms with E-state index in [4.69, 9.17) is 0 Å². The number of hydrogen-bond donors (Lipinski definition) is 0. The van der Waals surface area contributed by atoms with Crippen LogP contribution in [-0.2, 0) is 6.42 Å². The Labute approximate surface area is 182 Å². The molecule has 0 bridgehead atoms. The second-order valence-electron chi connectivity index (χ2n) is 7.46. The highest BCUT2D eigenvalue weighted by Crippen LogP contribution is 2.37. The Morgan fingerprint density at radius 2 is 1.53 bits per heavy atom. The maximum atomic E-state index is 11.0. The van der Waals surface area contributed by atoms with Gasteiger partial charge in [-0.2, -0.15) is 0 Å². The average molecular weight is 412 g/mol. The fourth-order valence-electron chi connectivity index (χ4n) is 3.66. The first-order valence-electron chi connectivity index (χ1n) is 10.3. The Balaban J connectivity index is 1.72. The summed E-state index contributed by atoms with van der Waals surface area (Å²) in [4.78, 5) is 15.2. The molecule has 0 unspecified atom stereocenters. The number of carbonyl (C=O) groups is 1. The van der Waals surface area contributed by atoms with Crippen LogP contribution in [0.25, 0.3) is 10.4 Å². The number of thiophene rings is 1.